The Labute approximate surface area is 107 Å². The maximum absolute atomic E-state index is 8.73. The molecule has 1 aromatic rings. The van der Waals surface area contributed by atoms with E-state index in [1.165, 1.54) is 44.9 Å². The van der Waals surface area contributed by atoms with E-state index < -0.39 is 0 Å². The zero-order chi connectivity index (χ0) is 12.4. The number of aromatic nitrogens is 2. The fraction of sp³-hybridized carbons (Fsp3) is 0.643. The highest BCUT2D eigenvalue weighted by Gasteiger charge is 2.49. The molecule has 0 atom stereocenters. The maximum atomic E-state index is 8.73. The standard InChI is InChI=1S/C14H18N4/c15-8-11-9-16-13(17-10-11)18-14(6-7-14)12-4-2-1-3-5-12/h9-10,12H,1-7H2,(H,16,17,18). The van der Waals surface area contributed by atoms with Crippen molar-refractivity contribution in [2.45, 2.75) is 50.5 Å². The molecule has 3 rings (SSSR count). The number of rotatable bonds is 3. The van der Waals surface area contributed by atoms with Crippen LogP contribution in [0.2, 0.25) is 0 Å². The first-order valence-corrected chi connectivity index (χ1v) is 6.83. The molecule has 2 saturated carbocycles. The van der Waals surface area contributed by atoms with E-state index in [1.807, 2.05) is 6.07 Å². The van der Waals surface area contributed by atoms with Crippen molar-refractivity contribution in [1.82, 2.24) is 9.97 Å². The van der Waals surface area contributed by atoms with Crippen molar-refractivity contribution in [2.75, 3.05) is 5.32 Å². The van der Waals surface area contributed by atoms with Crippen LogP contribution in [-0.2, 0) is 0 Å². The summed E-state index contributed by atoms with van der Waals surface area (Å²) in [6, 6.07) is 2.04. The zero-order valence-corrected chi connectivity index (χ0v) is 10.5. The van der Waals surface area contributed by atoms with Gasteiger partial charge in [0.05, 0.1) is 18.0 Å². The van der Waals surface area contributed by atoms with E-state index in [0.29, 0.717) is 11.5 Å². The first-order valence-electron chi connectivity index (χ1n) is 6.83. The predicted octanol–water partition coefficient (Wildman–Crippen LogP) is 2.87. The molecule has 1 N–H and O–H groups in total. The second-order valence-electron chi connectivity index (χ2n) is 5.52. The van der Waals surface area contributed by atoms with Crippen LogP contribution in [0.15, 0.2) is 12.4 Å². The van der Waals surface area contributed by atoms with Crippen LogP contribution in [0, 0.1) is 17.2 Å². The van der Waals surface area contributed by atoms with E-state index in [4.69, 9.17) is 5.26 Å². The van der Waals surface area contributed by atoms with Gasteiger partial charge in [-0.3, -0.25) is 0 Å². The second kappa shape index (κ2) is 4.56. The summed E-state index contributed by atoms with van der Waals surface area (Å²) in [7, 11) is 0. The molecule has 0 aromatic carbocycles. The summed E-state index contributed by atoms with van der Waals surface area (Å²) >= 11 is 0. The summed E-state index contributed by atoms with van der Waals surface area (Å²) in [5.74, 6) is 1.46. The predicted molar refractivity (Wildman–Crippen MR) is 68.9 cm³/mol. The average molecular weight is 242 g/mol. The first kappa shape index (κ1) is 11.5. The summed E-state index contributed by atoms with van der Waals surface area (Å²) < 4.78 is 0. The molecule has 0 spiro atoms. The topological polar surface area (TPSA) is 61.6 Å². The van der Waals surface area contributed by atoms with Gasteiger partial charge in [-0.15, -0.1) is 0 Å². The molecule has 2 aliphatic carbocycles. The Kier molecular flexibility index (Phi) is 2.91. The van der Waals surface area contributed by atoms with Crippen molar-refractivity contribution >= 4 is 5.95 Å². The summed E-state index contributed by atoms with van der Waals surface area (Å²) in [5.41, 5.74) is 0.775. The van der Waals surface area contributed by atoms with Gasteiger partial charge in [-0.25, -0.2) is 9.97 Å². The molecule has 1 heterocycles. The Morgan fingerprint density at radius 3 is 2.39 bits per heavy atom. The molecule has 0 amide bonds. The van der Waals surface area contributed by atoms with Crippen LogP contribution in [0.4, 0.5) is 5.95 Å². The van der Waals surface area contributed by atoms with E-state index in [1.54, 1.807) is 12.4 Å². The monoisotopic (exact) mass is 242 g/mol. The van der Waals surface area contributed by atoms with Gasteiger partial charge in [-0.2, -0.15) is 5.26 Å². The molecule has 1 aromatic heterocycles. The third-order valence-corrected chi connectivity index (χ3v) is 4.32. The highest BCUT2D eigenvalue weighted by molar-refractivity contribution is 5.36. The molecule has 94 valence electrons. The highest BCUT2D eigenvalue weighted by atomic mass is 15.2. The van der Waals surface area contributed by atoms with Crippen molar-refractivity contribution in [2.24, 2.45) is 5.92 Å². The van der Waals surface area contributed by atoms with E-state index in [0.717, 1.165) is 5.92 Å². The van der Waals surface area contributed by atoms with Crippen molar-refractivity contribution in [3.63, 3.8) is 0 Å². The zero-order valence-electron chi connectivity index (χ0n) is 10.5. The van der Waals surface area contributed by atoms with Crippen LogP contribution in [0.25, 0.3) is 0 Å². The lowest BCUT2D eigenvalue weighted by Gasteiger charge is -2.31. The van der Waals surface area contributed by atoms with E-state index >= 15 is 0 Å². The first-order chi connectivity index (χ1) is 8.82. The summed E-state index contributed by atoms with van der Waals surface area (Å²) in [5, 5.41) is 12.2. The van der Waals surface area contributed by atoms with Gasteiger partial charge in [-0.05, 0) is 31.6 Å². The number of nitrogens with zero attached hydrogens (tertiary/aromatic N) is 3. The second-order valence-corrected chi connectivity index (χ2v) is 5.52. The smallest absolute Gasteiger partial charge is 0.223 e. The molecule has 4 heteroatoms. The molecule has 0 bridgehead atoms. The third-order valence-electron chi connectivity index (χ3n) is 4.32. The van der Waals surface area contributed by atoms with Gasteiger partial charge in [0.15, 0.2) is 0 Å². The van der Waals surface area contributed by atoms with E-state index in [9.17, 15) is 0 Å². The molecule has 0 unspecified atom stereocenters. The van der Waals surface area contributed by atoms with Gasteiger partial charge in [0.2, 0.25) is 5.95 Å². The van der Waals surface area contributed by atoms with Gasteiger partial charge in [0.1, 0.15) is 6.07 Å². The summed E-state index contributed by atoms with van der Waals surface area (Å²) in [4.78, 5) is 8.45. The third kappa shape index (κ3) is 2.17. The lowest BCUT2D eigenvalue weighted by atomic mass is 9.82. The van der Waals surface area contributed by atoms with Crippen LogP contribution >= 0.6 is 0 Å². The fourth-order valence-electron chi connectivity index (χ4n) is 3.10. The van der Waals surface area contributed by atoms with Gasteiger partial charge in [0.25, 0.3) is 0 Å². The Bertz CT molecular complexity index is 450. The maximum Gasteiger partial charge on any atom is 0.223 e. The Morgan fingerprint density at radius 2 is 1.83 bits per heavy atom. The molecule has 2 aliphatic rings. The van der Waals surface area contributed by atoms with Crippen molar-refractivity contribution in [1.29, 1.82) is 5.26 Å². The fourth-order valence-corrected chi connectivity index (χ4v) is 3.10. The van der Waals surface area contributed by atoms with Gasteiger partial charge in [0, 0.05) is 5.54 Å². The summed E-state index contributed by atoms with van der Waals surface area (Å²) in [6.45, 7) is 0. The lowest BCUT2D eigenvalue weighted by Crippen LogP contribution is -2.33. The minimum absolute atomic E-state index is 0.259. The Balaban J connectivity index is 1.69. The van der Waals surface area contributed by atoms with Crippen LogP contribution in [0.3, 0.4) is 0 Å². The van der Waals surface area contributed by atoms with Crippen molar-refractivity contribution < 1.29 is 0 Å². The van der Waals surface area contributed by atoms with Gasteiger partial charge in [-0.1, -0.05) is 19.3 Å². The van der Waals surface area contributed by atoms with Crippen molar-refractivity contribution in [3.8, 4) is 6.07 Å². The number of nitriles is 1. The summed E-state index contributed by atoms with van der Waals surface area (Å²) in [6.07, 6.45) is 12.4. The minimum Gasteiger partial charge on any atom is -0.349 e. The average Bonchev–Trinajstić information content (AvgIpc) is 3.22. The minimum atomic E-state index is 0.259. The molecule has 18 heavy (non-hydrogen) atoms. The number of hydrogen-bond acceptors (Lipinski definition) is 4. The molecule has 0 aliphatic heterocycles. The highest BCUT2D eigenvalue weighted by Crippen LogP contribution is 2.49. The van der Waals surface area contributed by atoms with Gasteiger partial charge < -0.3 is 5.32 Å². The quantitative estimate of drug-likeness (QED) is 0.885. The molecule has 2 fully saturated rings. The molecule has 4 nitrogen and oxygen atoms in total. The number of anilines is 1. The Hall–Kier alpha value is -1.63. The van der Waals surface area contributed by atoms with E-state index in [2.05, 4.69) is 15.3 Å². The normalized spacial score (nSPS) is 22.2. The largest absolute Gasteiger partial charge is 0.349 e. The molecular weight excluding hydrogens is 224 g/mol. The van der Waals surface area contributed by atoms with Crippen LogP contribution in [-0.4, -0.2) is 15.5 Å². The molecule has 0 saturated heterocycles. The SMILES string of the molecule is N#Cc1cnc(NC2(C3CCCCC3)CC2)nc1. The Morgan fingerprint density at radius 1 is 1.17 bits per heavy atom. The number of nitrogens with one attached hydrogen (secondary N) is 1. The molecule has 0 radical (unpaired) electrons. The molecular formula is C14H18N4. The lowest BCUT2D eigenvalue weighted by molar-refractivity contribution is 0.305. The van der Waals surface area contributed by atoms with Crippen LogP contribution in [0.1, 0.15) is 50.5 Å². The van der Waals surface area contributed by atoms with Gasteiger partial charge >= 0.3 is 0 Å². The number of hydrogen-bond donors (Lipinski definition) is 1. The van der Waals surface area contributed by atoms with Crippen LogP contribution < -0.4 is 5.32 Å². The van der Waals surface area contributed by atoms with Crippen molar-refractivity contribution in [3.05, 3.63) is 18.0 Å². The van der Waals surface area contributed by atoms with E-state index in [-0.39, 0.29) is 5.54 Å². The van der Waals surface area contributed by atoms with Crippen LogP contribution in [0.5, 0.6) is 0 Å².